The summed E-state index contributed by atoms with van der Waals surface area (Å²) in [4.78, 5) is 70.4. The molecule has 0 fully saturated rings. The van der Waals surface area contributed by atoms with E-state index in [1.807, 2.05) is 61.8 Å². The highest BCUT2D eigenvalue weighted by Crippen LogP contribution is 2.41. The fourth-order valence-corrected chi connectivity index (χ4v) is 15.2. The number of nitrogens with zero attached hydrogens (tertiary/aromatic N) is 10. The second-order valence-electron chi connectivity index (χ2n) is 36.4. The van der Waals surface area contributed by atoms with E-state index in [1.165, 1.54) is 60.4 Å². The summed E-state index contributed by atoms with van der Waals surface area (Å²) in [5.41, 5.74) is 18.6. The SMILES string of the molecule is Cc1cc(CN(Cc2cc(C)c(C)cc2-c2cc(C(C)C)ccc2C)c2ncc(OCC(C)(C)C(=O)O)cn2)cc(C(F)(F)F)c1.Cc1cc(CN(Cc2cc(C)c(C)cc2-c2cc(C(C)C)ccc2C)c2ncc(OCCC(=O)O)cn2)cc(C(F)(F)F)c1.Cc1cc(CN(Cc2cc(C)ccc2-c2nc(C(C)(C)O)ccc2C)c2ncc(OCCCC(=O)O)cn2)cc(C(F)(F)F)c1. The van der Waals surface area contributed by atoms with Crippen LogP contribution < -0.4 is 28.9 Å². The molecular formula is C106H117F9N10O10. The molecule has 0 atom stereocenters. The monoisotopic (exact) mass is 1860 g/mol. The minimum Gasteiger partial charge on any atom is -0.490 e. The van der Waals surface area contributed by atoms with Gasteiger partial charge in [0.15, 0.2) is 17.2 Å². The zero-order chi connectivity index (χ0) is 99.1. The molecule has 4 N–H and O–H groups in total. The van der Waals surface area contributed by atoms with Crippen molar-refractivity contribution in [3.63, 3.8) is 0 Å². The van der Waals surface area contributed by atoms with Crippen LogP contribution in [0.25, 0.3) is 33.5 Å². The Morgan fingerprint density at radius 1 is 0.363 bits per heavy atom. The van der Waals surface area contributed by atoms with Gasteiger partial charge in [-0.15, -0.1) is 0 Å². The summed E-state index contributed by atoms with van der Waals surface area (Å²) >= 11 is 0. The first kappa shape index (κ1) is 104. The van der Waals surface area contributed by atoms with Crippen LogP contribution in [0.2, 0.25) is 0 Å². The molecule has 0 aliphatic heterocycles. The normalized spacial score (nSPS) is 11.8. The summed E-state index contributed by atoms with van der Waals surface area (Å²) in [7, 11) is 0. The molecule has 0 radical (unpaired) electrons. The lowest BCUT2D eigenvalue weighted by atomic mass is 9.89. The number of aryl methyl sites for hydroxylation is 11. The van der Waals surface area contributed by atoms with Crippen molar-refractivity contribution in [2.75, 3.05) is 34.5 Å². The molecule has 29 heteroatoms. The van der Waals surface area contributed by atoms with Gasteiger partial charge in [0.2, 0.25) is 17.8 Å². The van der Waals surface area contributed by atoms with Gasteiger partial charge < -0.3 is 49.3 Å². The quantitative estimate of drug-likeness (QED) is 0.0216. The number of carbonyl (C=O) groups is 3. The third kappa shape index (κ3) is 29.1. The van der Waals surface area contributed by atoms with Gasteiger partial charge in [-0.2, -0.15) is 39.5 Å². The fraction of sp³-hybridized carbons (Fsp3) is 0.358. The average molecular weight is 1860 g/mol. The fourth-order valence-electron chi connectivity index (χ4n) is 15.2. The van der Waals surface area contributed by atoms with Crippen molar-refractivity contribution in [3.8, 4) is 50.8 Å². The van der Waals surface area contributed by atoms with E-state index in [0.717, 1.165) is 113 Å². The van der Waals surface area contributed by atoms with E-state index in [0.29, 0.717) is 105 Å². The molecule has 0 saturated heterocycles. The number of aliphatic hydroxyl groups is 1. The Hall–Kier alpha value is -13.3. The molecule has 20 nitrogen and oxygen atoms in total. The summed E-state index contributed by atoms with van der Waals surface area (Å²) in [6.07, 6.45) is -4.60. The van der Waals surface area contributed by atoms with Crippen LogP contribution in [0.1, 0.15) is 215 Å². The Labute approximate surface area is 782 Å². The molecule has 4 heterocycles. The number of carboxylic acid groups (broad SMARTS) is 3. The van der Waals surface area contributed by atoms with E-state index in [2.05, 4.69) is 146 Å². The minimum absolute atomic E-state index is 0.0327. The first-order valence-electron chi connectivity index (χ1n) is 44.3. The van der Waals surface area contributed by atoms with Gasteiger partial charge in [-0.3, -0.25) is 14.4 Å². The number of halogens is 9. The first-order chi connectivity index (χ1) is 63.2. The number of hydrogen-bond acceptors (Lipinski definition) is 17. The van der Waals surface area contributed by atoms with E-state index in [4.69, 9.17) is 29.4 Å². The molecule has 8 aromatic carbocycles. The van der Waals surface area contributed by atoms with Gasteiger partial charge in [0.05, 0.1) is 90.3 Å². The van der Waals surface area contributed by atoms with Crippen LogP contribution in [-0.2, 0) is 77.8 Å². The lowest BCUT2D eigenvalue weighted by Gasteiger charge is -2.26. The van der Waals surface area contributed by atoms with Gasteiger partial charge >= 0.3 is 36.4 Å². The number of pyridine rings is 1. The molecule has 135 heavy (non-hydrogen) atoms. The van der Waals surface area contributed by atoms with Gasteiger partial charge in [-0.1, -0.05) is 153 Å². The summed E-state index contributed by atoms with van der Waals surface area (Å²) in [6, 6.07) is 43.2. The van der Waals surface area contributed by atoms with Gasteiger partial charge in [0.1, 0.15) is 12.2 Å². The minimum atomic E-state index is -4.50. The Morgan fingerprint density at radius 3 is 1.07 bits per heavy atom. The predicted molar refractivity (Wildman–Crippen MR) is 506 cm³/mol. The van der Waals surface area contributed by atoms with Crippen molar-refractivity contribution in [2.45, 2.75) is 226 Å². The second kappa shape index (κ2) is 44.2. The highest BCUT2D eigenvalue weighted by Gasteiger charge is 2.35. The number of anilines is 3. The number of benzene rings is 8. The summed E-state index contributed by atoms with van der Waals surface area (Å²) in [6.45, 7) is 37.5. The lowest BCUT2D eigenvalue weighted by molar-refractivity contribution is -0.148. The van der Waals surface area contributed by atoms with Crippen LogP contribution in [0.3, 0.4) is 0 Å². The number of rotatable bonds is 34. The van der Waals surface area contributed by atoms with Crippen molar-refractivity contribution in [1.82, 2.24) is 34.9 Å². The topological polar surface area (TPSA) is 260 Å². The standard InChI is InChI=1S/C37H42F3N3O3.C35H38F3N3O3.C34H37F3N4O4/c1-22(2)28-10-9-24(4)32(16-28)33-14-26(6)25(5)13-29(33)20-43(19-27-11-23(3)12-30(15-27)37(38,39)40)35-41-17-31(18-42-35)46-21-36(7,8)34(44)45;1-21(2)27-8-7-23(4)31(16-27)32-14-25(6)24(5)13-28(32)20-41(19-26-11-22(3)12-29(15-26)35(36,37)38)34-39-17-30(18-40-34)44-10-9-33(42)43;1-21-8-10-28(31-23(3)9-11-29(40-31)33(4,5)44)25(14-21)20-41(19-24-13-22(2)15-26(16-24)34(35,36)37)32-38-17-27(18-39-32)45-12-6-7-30(42)43/h9-18,22H,19-21H2,1-8H3,(H,44,45);7-8,11-18,21H,9-10,19-20H2,1-6H3,(H,42,43);8-11,13-18,44H,6-7,12,19-20H2,1-5H3,(H,42,43). The van der Waals surface area contributed by atoms with Crippen molar-refractivity contribution in [1.29, 1.82) is 0 Å². The number of alkyl halides is 9. The van der Waals surface area contributed by atoms with Crippen molar-refractivity contribution < 1.29 is 88.5 Å². The molecule has 0 aliphatic carbocycles. The molecule has 0 saturated carbocycles. The predicted octanol–water partition coefficient (Wildman–Crippen LogP) is 25.0. The highest BCUT2D eigenvalue weighted by atomic mass is 19.4. The van der Waals surface area contributed by atoms with Crippen LogP contribution >= 0.6 is 0 Å². The maximum atomic E-state index is 13.8. The van der Waals surface area contributed by atoms with Gasteiger partial charge in [-0.25, -0.2) is 34.9 Å². The maximum Gasteiger partial charge on any atom is 0.416 e. The molecule has 4 aromatic heterocycles. The molecule has 12 aromatic rings. The molecule has 714 valence electrons. The largest absolute Gasteiger partial charge is 0.490 e. The van der Waals surface area contributed by atoms with E-state index < -0.39 is 64.1 Å². The zero-order valence-electron chi connectivity index (χ0n) is 79.6. The highest BCUT2D eigenvalue weighted by molar-refractivity contribution is 5.76. The number of hydrogen-bond donors (Lipinski definition) is 4. The maximum absolute atomic E-state index is 13.8. The van der Waals surface area contributed by atoms with Crippen LogP contribution in [0.5, 0.6) is 17.2 Å². The van der Waals surface area contributed by atoms with E-state index in [9.17, 15) is 64.1 Å². The molecule has 12 rings (SSSR count). The van der Waals surface area contributed by atoms with Gasteiger partial charge in [-0.05, 0) is 270 Å². The Bertz CT molecular complexity index is 6180. The molecular weight excluding hydrogens is 1740 g/mol. The molecule has 0 amide bonds. The molecule has 0 bridgehead atoms. The molecule has 0 unspecified atom stereocenters. The van der Waals surface area contributed by atoms with Crippen molar-refractivity contribution in [2.24, 2.45) is 5.41 Å². The van der Waals surface area contributed by atoms with Gasteiger partial charge in [0.25, 0.3) is 0 Å². The van der Waals surface area contributed by atoms with E-state index in [1.54, 1.807) is 77.6 Å². The Morgan fingerprint density at radius 2 is 0.719 bits per heavy atom. The van der Waals surface area contributed by atoms with Crippen LogP contribution in [0.15, 0.2) is 183 Å². The van der Waals surface area contributed by atoms with Crippen LogP contribution in [0.4, 0.5) is 57.4 Å². The number of ether oxygens (including phenoxy) is 3. The van der Waals surface area contributed by atoms with Crippen LogP contribution in [-0.4, -0.2) is 93.0 Å². The number of aliphatic carboxylic acids is 3. The third-order valence-corrected chi connectivity index (χ3v) is 23.0. The number of carboxylic acids is 3. The number of aromatic nitrogens is 7. The molecule has 0 spiro atoms. The summed E-state index contributed by atoms with van der Waals surface area (Å²) in [5.74, 6) is -0.394. The molecule has 0 aliphatic rings. The smallest absolute Gasteiger partial charge is 0.416 e. The first-order valence-corrected chi connectivity index (χ1v) is 44.3. The van der Waals surface area contributed by atoms with Crippen molar-refractivity contribution >= 4 is 35.8 Å². The Kier molecular flexibility index (Phi) is 34.0. The summed E-state index contributed by atoms with van der Waals surface area (Å²) in [5, 5.41) is 37.8. The van der Waals surface area contributed by atoms with Crippen LogP contribution in [0, 0.1) is 81.6 Å². The average Bonchev–Trinajstić information content (AvgIpc) is 0.790. The van der Waals surface area contributed by atoms with E-state index in [-0.39, 0.29) is 64.8 Å². The third-order valence-electron chi connectivity index (χ3n) is 23.0. The van der Waals surface area contributed by atoms with E-state index >= 15 is 0 Å². The van der Waals surface area contributed by atoms with Crippen molar-refractivity contribution in [3.05, 3.63) is 311 Å². The zero-order valence-corrected chi connectivity index (χ0v) is 79.6. The lowest BCUT2D eigenvalue weighted by Crippen LogP contribution is -2.30. The second-order valence-corrected chi connectivity index (χ2v) is 36.4. The summed E-state index contributed by atoms with van der Waals surface area (Å²) < 4.78 is 140. The van der Waals surface area contributed by atoms with Gasteiger partial charge in [0, 0.05) is 51.3 Å². The Balaban J connectivity index is 0.000000210.